The van der Waals surface area contributed by atoms with Gasteiger partial charge in [-0.1, -0.05) is 41.9 Å². The van der Waals surface area contributed by atoms with Gasteiger partial charge in [0.05, 0.1) is 11.7 Å². The summed E-state index contributed by atoms with van der Waals surface area (Å²) in [7, 11) is 0. The van der Waals surface area contributed by atoms with Gasteiger partial charge in [0.2, 0.25) is 0 Å². The van der Waals surface area contributed by atoms with Gasteiger partial charge < -0.3 is 5.32 Å². The molecule has 0 atom stereocenters. The molecule has 0 amide bonds. The van der Waals surface area contributed by atoms with E-state index < -0.39 is 0 Å². The van der Waals surface area contributed by atoms with Gasteiger partial charge >= 0.3 is 0 Å². The number of nitrogens with one attached hydrogen (secondary N) is 1. The third-order valence-electron chi connectivity index (χ3n) is 2.79. The summed E-state index contributed by atoms with van der Waals surface area (Å²) < 4.78 is 8.10. The number of hydrogen-bond donors (Lipinski definition) is 1. The maximum Gasteiger partial charge on any atom is 0.186 e. The van der Waals surface area contributed by atoms with E-state index in [1.54, 1.807) is 0 Å². The van der Waals surface area contributed by atoms with Crippen LogP contribution in [0.25, 0.3) is 0 Å². The number of benzene rings is 1. The van der Waals surface area contributed by atoms with E-state index in [1.165, 1.54) is 5.56 Å². The van der Waals surface area contributed by atoms with Gasteiger partial charge in [-0.2, -0.15) is 8.75 Å². The van der Waals surface area contributed by atoms with Crippen LogP contribution in [0.1, 0.15) is 25.8 Å². The van der Waals surface area contributed by atoms with E-state index in [-0.39, 0.29) is 5.54 Å². The van der Waals surface area contributed by atoms with Crippen molar-refractivity contribution in [2.45, 2.75) is 32.2 Å². The van der Waals surface area contributed by atoms with E-state index in [2.05, 4.69) is 52.2 Å². The molecule has 0 saturated heterocycles. The highest BCUT2D eigenvalue weighted by Crippen LogP contribution is 2.24. The maximum absolute atomic E-state index is 5.94. The third kappa shape index (κ3) is 3.68. The second-order valence-electron chi connectivity index (χ2n) is 4.90. The van der Waals surface area contributed by atoms with Gasteiger partial charge in [0, 0.05) is 5.54 Å². The Morgan fingerprint density at radius 2 is 1.94 bits per heavy atom. The zero-order valence-corrected chi connectivity index (χ0v) is 12.1. The predicted molar refractivity (Wildman–Crippen MR) is 77.4 cm³/mol. The Bertz CT molecular complexity index is 496. The fraction of sp³-hybridized carbons (Fsp3) is 0.385. The van der Waals surface area contributed by atoms with Crippen LogP contribution < -0.4 is 5.32 Å². The zero-order chi connectivity index (χ0) is 13.0. The Morgan fingerprint density at radius 1 is 1.22 bits per heavy atom. The monoisotopic (exact) mass is 281 g/mol. The SMILES string of the molecule is CC(C)(CCc1ccccc1)Nc1nsnc1Cl. The third-order valence-corrected chi connectivity index (χ3v) is 3.68. The van der Waals surface area contributed by atoms with Crippen LogP contribution in [0.5, 0.6) is 0 Å². The van der Waals surface area contributed by atoms with Gasteiger partial charge in [0.25, 0.3) is 0 Å². The molecule has 0 radical (unpaired) electrons. The number of halogens is 1. The molecule has 5 heteroatoms. The summed E-state index contributed by atoms with van der Waals surface area (Å²) in [5.41, 5.74) is 1.28. The fourth-order valence-electron chi connectivity index (χ4n) is 1.74. The molecule has 0 saturated carbocycles. The highest BCUT2D eigenvalue weighted by Gasteiger charge is 2.20. The summed E-state index contributed by atoms with van der Waals surface area (Å²) in [6.45, 7) is 4.29. The van der Waals surface area contributed by atoms with Crippen molar-refractivity contribution >= 4 is 29.1 Å². The second kappa shape index (κ2) is 5.67. The molecule has 0 spiro atoms. The average molecular weight is 282 g/mol. The average Bonchev–Trinajstić information content (AvgIpc) is 2.73. The standard InChI is InChI=1S/C13H16ClN3S/c1-13(2,15-12-11(14)16-18-17-12)9-8-10-6-4-3-5-7-10/h3-7H,8-9H2,1-2H3,(H,15,17). The molecule has 96 valence electrons. The molecule has 1 N–H and O–H groups in total. The molecule has 0 fully saturated rings. The normalized spacial score (nSPS) is 11.5. The maximum atomic E-state index is 5.94. The van der Waals surface area contributed by atoms with Crippen LogP contribution in [-0.2, 0) is 6.42 Å². The Balaban J connectivity index is 1.93. The van der Waals surface area contributed by atoms with Gasteiger partial charge in [0.1, 0.15) is 0 Å². The van der Waals surface area contributed by atoms with Crippen LogP contribution in [0.3, 0.4) is 0 Å². The predicted octanol–water partition coefficient (Wildman–Crippen LogP) is 4.01. The molecule has 1 aromatic carbocycles. The number of rotatable bonds is 5. The summed E-state index contributed by atoms with van der Waals surface area (Å²) in [5, 5.41) is 3.79. The molecule has 1 heterocycles. The van der Waals surface area contributed by atoms with E-state index in [0.717, 1.165) is 24.6 Å². The van der Waals surface area contributed by atoms with Crippen LogP contribution in [0.2, 0.25) is 5.15 Å². The molecule has 0 aliphatic carbocycles. The minimum Gasteiger partial charge on any atom is -0.362 e. The van der Waals surface area contributed by atoms with Crippen molar-refractivity contribution in [2.24, 2.45) is 0 Å². The second-order valence-corrected chi connectivity index (χ2v) is 5.78. The molecule has 3 nitrogen and oxygen atoms in total. The molecule has 0 bridgehead atoms. The van der Waals surface area contributed by atoms with Crippen molar-refractivity contribution < 1.29 is 0 Å². The first kappa shape index (κ1) is 13.3. The first-order chi connectivity index (χ1) is 8.57. The summed E-state index contributed by atoms with van der Waals surface area (Å²) in [6.07, 6.45) is 2.03. The summed E-state index contributed by atoms with van der Waals surface area (Å²) in [6, 6.07) is 10.5. The molecular weight excluding hydrogens is 266 g/mol. The highest BCUT2D eigenvalue weighted by atomic mass is 35.5. The lowest BCUT2D eigenvalue weighted by Gasteiger charge is -2.26. The van der Waals surface area contributed by atoms with E-state index in [0.29, 0.717) is 11.0 Å². The van der Waals surface area contributed by atoms with E-state index in [1.807, 2.05) is 6.07 Å². The first-order valence-electron chi connectivity index (χ1n) is 5.87. The largest absolute Gasteiger partial charge is 0.362 e. The van der Waals surface area contributed by atoms with Crippen molar-refractivity contribution in [3.05, 3.63) is 41.0 Å². The topological polar surface area (TPSA) is 37.8 Å². The van der Waals surface area contributed by atoms with Crippen LogP contribution in [0.4, 0.5) is 5.82 Å². The Kier molecular flexibility index (Phi) is 4.19. The van der Waals surface area contributed by atoms with Crippen molar-refractivity contribution in [1.82, 2.24) is 8.75 Å². The number of aromatic nitrogens is 2. The molecule has 0 aliphatic heterocycles. The molecule has 2 rings (SSSR count). The van der Waals surface area contributed by atoms with E-state index >= 15 is 0 Å². The number of anilines is 1. The molecule has 18 heavy (non-hydrogen) atoms. The lowest BCUT2D eigenvalue weighted by atomic mass is 9.95. The summed E-state index contributed by atoms with van der Waals surface area (Å²) in [4.78, 5) is 0. The molecule has 2 aromatic rings. The number of aryl methyl sites for hydroxylation is 1. The van der Waals surface area contributed by atoms with Crippen LogP contribution in [0, 0.1) is 0 Å². The van der Waals surface area contributed by atoms with Gasteiger partial charge in [0.15, 0.2) is 11.0 Å². The number of hydrogen-bond acceptors (Lipinski definition) is 4. The highest BCUT2D eigenvalue weighted by molar-refractivity contribution is 6.99. The molecule has 1 aromatic heterocycles. The van der Waals surface area contributed by atoms with Gasteiger partial charge in [-0.3, -0.25) is 0 Å². The van der Waals surface area contributed by atoms with Gasteiger partial charge in [-0.05, 0) is 32.3 Å². The van der Waals surface area contributed by atoms with Crippen molar-refractivity contribution in [3.63, 3.8) is 0 Å². The van der Waals surface area contributed by atoms with Gasteiger partial charge in [-0.15, -0.1) is 0 Å². The fourth-order valence-corrected chi connectivity index (χ4v) is 2.38. The number of nitrogens with zero attached hydrogens (tertiary/aromatic N) is 2. The molecule has 0 unspecified atom stereocenters. The summed E-state index contributed by atoms with van der Waals surface area (Å²) >= 11 is 7.06. The lowest BCUT2D eigenvalue weighted by Crippen LogP contribution is -2.31. The Hall–Kier alpha value is -1.13. The van der Waals surface area contributed by atoms with Gasteiger partial charge in [-0.25, -0.2) is 0 Å². The zero-order valence-electron chi connectivity index (χ0n) is 10.5. The summed E-state index contributed by atoms with van der Waals surface area (Å²) in [5.74, 6) is 0.680. The Morgan fingerprint density at radius 3 is 2.56 bits per heavy atom. The Labute approximate surface area is 117 Å². The van der Waals surface area contributed by atoms with Crippen molar-refractivity contribution in [3.8, 4) is 0 Å². The minimum atomic E-state index is -0.0603. The van der Waals surface area contributed by atoms with Crippen LogP contribution in [-0.4, -0.2) is 14.3 Å². The van der Waals surface area contributed by atoms with Crippen LogP contribution >= 0.6 is 23.3 Å². The minimum absolute atomic E-state index is 0.0603. The van der Waals surface area contributed by atoms with Crippen molar-refractivity contribution in [1.29, 1.82) is 0 Å². The van der Waals surface area contributed by atoms with E-state index in [4.69, 9.17) is 11.6 Å². The quantitative estimate of drug-likeness (QED) is 0.900. The van der Waals surface area contributed by atoms with Crippen molar-refractivity contribution in [2.75, 3.05) is 5.32 Å². The van der Waals surface area contributed by atoms with E-state index in [9.17, 15) is 0 Å². The van der Waals surface area contributed by atoms with Crippen LogP contribution in [0.15, 0.2) is 30.3 Å². The lowest BCUT2D eigenvalue weighted by molar-refractivity contribution is 0.517. The first-order valence-corrected chi connectivity index (χ1v) is 6.98. The molecule has 0 aliphatic rings. The molecular formula is C13H16ClN3S. The smallest absolute Gasteiger partial charge is 0.186 e.